The predicted octanol–water partition coefficient (Wildman–Crippen LogP) is 4.27. The van der Waals surface area contributed by atoms with E-state index in [2.05, 4.69) is 35.1 Å². The third-order valence-electron chi connectivity index (χ3n) is 7.21. The summed E-state index contributed by atoms with van der Waals surface area (Å²) < 4.78 is 2.04. The number of hydrogen-bond donors (Lipinski definition) is 2. The molecule has 2 amide bonds. The van der Waals surface area contributed by atoms with E-state index in [1.807, 2.05) is 40.5 Å². The number of aromatic amines is 1. The number of amides is 2. The van der Waals surface area contributed by atoms with Gasteiger partial charge in [-0.25, -0.2) is 0 Å². The third-order valence-corrected chi connectivity index (χ3v) is 8.05. The number of fused-ring (bicyclic) bond motifs is 2. The van der Waals surface area contributed by atoms with Crippen LogP contribution in [0.2, 0.25) is 0 Å². The van der Waals surface area contributed by atoms with Gasteiger partial charge in [0.05, 0.1) is 16.7 Å². The highest BCUT2D eigenvalue weighted by Gasteiger charge is 2.36. The number of para-hydroxylation sites is 1. The Kier molecular flexibility index (Phi) is 5.15. The SMILES string of the molecule is CC(C)N1CCC(Cn2nc(C3=C(c4c[nH]c5sccc45)C(=O)NC3=O)c3ccccc32)CC1. The molecule has 174 valence electrons. The molecule has 0 bridgehead atoms. The van der Waals surface area contributed by atoms with Crippen LogP contribution in [0.1, 0.15) is 37.9 Å². The summed E-state index contributed by atoms with van der Waals surface area (Å²) in [5.41, 5.74) is 3.09. The summed E-state index contributed by atoms with van der Waals surface area (Å²) in [5.74, 6) is -0.217. The molecule has 0 spiro atoms. The van der Waals surface area contributed by atoms with Crippen molar-refractivity contribution >= 4 is 55.4 Å². The molecule has 2 N–H and O–H groups in total. The summed E-state index contributed by atoms with van der Waals surface area (Å²) in [6.45, 7) is 7.52. The molecular weight excluding hydrogens is 446 g/mol. The zero-order valence-electron chi connectivity index (χ0n) is 19.3. The molecule has 1 aromatic carbocycles. The number of nitrogens with one attached hydrogen (secondary N) is 2. The van der Waals surface area contributed by atoms with Gasteiger partial charge in [-0.3, -0.25) is 19.6 Å². The van der Waals surface area contributed by atoms with Crippen molar-refractivity contribution in [2.24, 2.45) is 5.92 Å². The standard InChI is InChI=1S/C26H27N5O2S/c1-15(2)30-10-7-16(8-11-30)14-31-20-6-4-3-5-18(20)23(29-31)22-21(24(32)28-25(22)33)19-13-27-26-17(19)9-12-34-26/h3-6,9,12-13,15-16,27H,7-8,10-11,14H2,1-2H3,(H,28,32,33). The van der Waals surface area contributed by atoms with E-state index in [9.17, 15) is 9.59 Å². The van der Waals surface area contributed by atoms with E-state index in [0.29, 0.717) is 28.8 Å². The molecule has 5 heterocycles. The second-order valence-corrected chi connectivity index (χ2v) is 10.4. The van der Waals surface area contributed by atoms with Crippen LogP contribution < -0.4 is 5.32 Å². The van der Waals surface area contributed by atoms with E-state index in [1.54, 1.807) is 11.3 Å². The van der Waals surface area contributed by atoms with Crippen LogP contribution in [0.5, 0.6) is 0 Å². The number of aromatic nitrogens is 3. The van der Waals surface area contributed by atoms with E-state index in [4.69, 9.17) is 5.10 Å². The number of imide groups is 1. The molecule has 0 saturated carbocycles. The average Bonchev–Trinajstić information content (AvgIpc) is 3.58. The molecule has 34 heavy (non-hydrogen) atoms. The van der Waals surface area contributed by atoms with Crippen LogP contribution in [0.15, 0.2) is 41.9 Å². The van der Waals surface area contributed by atoms with Crippen LogP contribution >= 0.6 is 11.3 Å². The molecular formula is C26H27N5O2S. The minimum absolute atomic E-state index is 0.363. The second kappa shape index (κ2) is 8.21. The normalized spacial score (nSPS) is 18.2. The molecule has 0 unspecified atom stereocenters. The Bertz CT molecular complexity index is 1450. The van der Waals surface area contributed by atoms with Crippen molar-refractivity contribution in [3.8, 4) is 0 Å². The maximum Gasteiger partial charge on any atom is 0.261 e. The highest BCUT2D eigenvalue weighted by atomic mass is 32.1. The number of rotatable bonds is 5. The molecule has 4 aromatic rings. The van der Waals surface area contributed by atoms with Crippen LogP contribution in [0.3, 0.4) is 0 Å². The molecule has 7 nitrogen and oxygen atoms in total. The first-order valence-electron chi connectivity index (χ1n) is 11.9. The van der Waals surface area contributed by atoms with E-state index in [-0.39, 0.29) is 11.8 Å². The fourth-order valence-electron chi connectivity index (χ4n) is 5.34. The largest absolute Gasteiger partial charge is 0.352 e. The van der Waals surface area contributed by atoms with Gasteiger partial charge in [-0.05, 0) is 63.2 Å². The number of H-pyrrole nitrogens is 1. The van der Waals surface area contributed by atoms with Crippen molar-refractivity contribution in [2.45, 2.75) is 39.3 Å². The fourth-order valence-corrected chi connectivity index (χ4v) is 6.11. The number of hydrogen-bond acceptors (Lipinski definition) is 5. The zero-order valence-corrected chi connectivity index (χ0v) is 20.1. The second-order valence-electron chi connectivity index (χ2n) is 9.52. The lowest BCUT2D eigenvalue weighted by molar-refractivity contribution is -0.122. The topological polar surface area (TPSA) is 83.0 Å². The molecule has 6 rings (SSSR count). The lowest BCUT2D eigenvalue weighted by atomic mass is 9.96. The number of piperidine rings is 1. The Labute approximate surface area is 201 Å². The highest BCUT2D eigenvalue weighted by Crippen LogP contribution is 2.38. The van der Waals surface area contributed by atoms with Crippen LogP contribution in [-0.2, 0) is 16.1 Å². The van der Waals surface area contributed by atoms with E-state index in [1.165, 1.54) is 0 Å². The van der Waals surface area contributed by atoms with Gasteiger partial charge in [0.2, 0.25) is 0 Å². The maximum absolute atomic E-state index is 13.1. The van der Waals surface area contributed by atoms with Crippen LogP contribution in [-0.4, -0.2) is 50.6 Å². The third kappa shape index (κ3) is 3.40. The smallest absolute Gasteiger partial charge is 0.261 e. The van der Waals surface area contributed by atoms with Gasteiger partial charge < -0.3 is 9.88 Å². The van der Waals surface area contributed by atoms with Crippen LogP contribution in [0, 0.1) is 5.92 Å². The van der Waals surface area contributed by atoms with E-state index < -0.39 is 0 Å². The number of likely N-dealkylation sites (tertiary alicyclic amines) is 1. The van der Waals surface area contributed by atoms with E-state index in [0.717, 1.165) is 59.2 Å². The molecule has 2 aliphatic heterocycles. The van der Waals surface area contributed by atoms with Gasteiger partial charge >= 0.3 is 0 Å². The van der Waals surface area contributed by atoms with Gasteiger partial charge in [0.25, 0.3) is 11.8 Å². The Hall–Kier alpha value is -3.23. The molecule has 1 saturated heterocycles. The predicted molar refractivity (Wildman–Crippen MR) is 135 cm³/mol. The van der Waals surface area contributed by atoms with Crippen LogP contribution in [0.4, 0.5) is 0 Å². The number of benzene rings is 1. The van der Waals surface area contributed by atoms with Gasteiger partial charge in [0.1, 0.15) is 10.5 Å². The summed E-state index contributed by atoms with van der Waals surface area (Å²) in [6.07, 6.45) is 4.08. The zero-order chi connectivity index (χ0) is 23.4. The Morgan fingerprint density at radius 2 is 1.82 bits per heavy atom. The first kappa shape index (κ1) is 21.3. The lowest BCUT2D eigenvalue weighted by Crippen LogP contribution is -2.39. The monoisotopic (exact) mass is 473 g/mol. The van der Waals surface area contributed by atoms with Crippen molar-refractivity contribution < 1.29 is 9.59 Å². The molecule has 3 aromatic heterocycles. The molecule has 0 aliphatic carbocycles. The summed E-state index contributed by atoms with van der Waals surface area (Å²) in [4.78, 5) is 32.7. The van der Waals surface area contributed by atoms with Gasteiger partial charge in [0, 0.05) is 35.1 Å². The summed E-state index contributed by atoms with van der Waals surface area (Å²) in [7, 11) is 0. The van der Waals surface area contributed by atoms with Gasteiger partial charge in [-0.15, -0.1) is 11.3 Å². The van der Waals surface area contributed by atoms with Crippen molar-refractivity contribution in [3.05, 3.63) is 53.2 Å². The number of carbonyl (C=O) groups excluding carboxylic acids is 2. The Morgan fingerprint density at radius 1 is 1.06 bits per heavy atom. The number of nitrogens with zero attached hydrogens (tertiary/aromatic N) is 3. The maximum atomic E-state index is 13.1. The highest BCUT2D eigenvalue weighted by molar-refractivity contribution is 7.16. The summed E-state index contributed by atoms with van der Waals surface area (Å²) in [5, 5.41) is 11.3. The lowest BCUT2D eigenvalue weighted by Gasteiger charge is -2.34. The van der Waals surface area contributed by atoms with Gasteiger partial charge in [-0.2, -0.15) is 5.10 Å². The molecule has 0 atom stereocenters. The average molecular weight is 474 g/mol. The van der Waals surface area contributed by atoms with Crippen molar-refractivity contribution in [2.75, 3.05) is 13.1 Å². The van der Waals surface area contributed by atoms with Gasteiger partial charge in [-0.1, -0.05) is 18.2 Å². The van der Waals surface area contributed by atoms with Crippen molar-refractivity contribution in [3.63, 3.8) is 0 Å². The fraction of sp³-hybridized carbons (Fsp3) is 0.346. The first-order chi connectivity index (χ1) is 16.5. The molecule has 8 heteroatoms. The molecule has 0 radical (unpaired) electrons. The van der Waals surface area contributed by atoms with E-state index >= 15 is 0 Å². The molecule has 1 fully saturated rings. The minimum atomic E-state index is -0.384. The molecule has 2 aliphatic rings. The minimum Gasteiger partial charge on any atom is -0.352 e. The number of carbonyl (C=O) groups is 2. The summed E-state index contributed by atoms with van der Waals surface area (Å²) in [6, 6.07) is 10.6. The van der Waals surface area contributed by atoms with Crippen molar-refractivity contribution in [1.29, 1.82) is 0 Å². The quantitative estimate of drug-likeness (QED) is 0.424. The Balaban J connectivity index is 1.44. The Morgan fingerprint density at radius 3 is 2.62 bits per heavy atom. The number of thiophene rings is 1. The summed E-state index contributed by atoms with van der Waals surface area (Å²) >= 11 is 1.58. The first-order valence-corrected chi connectivity index (χ1v) is 12.7. The van der Waals surface area contributed by atoms with Crippen molar-refractivity contribution in [1.82, 2.24) is 25.0 Å². The van der Waals surface area contributed by atoms with Crippen LogP contribution in [0.25, 0.3) is 32.3 Å². The van der Waals surface area contributed by atoms with Gasteiger partial charge in [0.15, 0.2) is 0 Å².